The Morgan fingerprint density at radius 3 is 2.42 bits per heavy atom. The van der Waals surface area contributed by atoms with Crippen LogP contribution in [0.3, 0.4) is 0 Å². The summed E-state index contributed by atoms with van der Waals surface area (Å²) in [5.41, 5.74) is 6.73. The maximum Gasteiger partial charge on any atom is 0.260 e. The van der Waals surface area contributed by atoms with Gasteiger partial charge < -0.3 is 15.5 Å². The number of primary amides is 1. The topological polar surface area (TPSA) is 85.3 Å². The van der Waals surface area contributed by atoms with Crippen LogP contribution in [0.4, 0.5) is 5.69 Å². The Morgan fingerprint density at radius 1 is 1.21 bits per heavy atom. The van der Waals surface area contributed by atoms with Gasteiger partial charge in [0, 0.05) is 5.69 Å². The van der Waals surface area contributed by atoms with Crippen LogP contribution in [0.2, 0.25) is 5.22 Å². The number of halogens is 1. The molecule has 0 radical (unpaired) electrons. The fourth-order valence-electron chi connectivity index (χ4n) is 1.56. The van der Waals surface area contributed by atoms with Crippen LogP contribution >= 0.6 is 11.6 Å². The first-order chi connectivity index (χ1) is 9.06. The van der Waals surface area contributed by atoms with E-state index in [1.54, 1.807) is 24.3 Å². The molecule has 6 heteroatoms. The number of carbonyl (C=O) groups excluding carboxylic acids is 2. The Labute approximate surface area is 114 Å². The molecule has 0 atom stereocenters. The summed E-state index contributed by atoms with van der Waals surface area (Å²) in [5.74, 6) is -0.761. The van der Waals surface area contributed by atoms with Gasteiger partial charge in [0.05, 0.1) is 18.2 Å². The molecule has 0 aliphatic rings. The van der Waals surface area contributed by atoms with Crippen LogP contribution in [0.5, 0.6) is 0 Å². The normalized spacial score (nSPS) is 10.2. The van der Waals surface area contributed by atoms with Crippen LogP contribution in [-0.4, -0.2) is 11.8 Å². The third-order valence-corrected chi connectivity index (χ3v) is 2.75. The number of anilines is 1. The quantitative estimate of drug-likeness (QED) is 0.899. The second kappa shape index (κ2) is 5.58. The zero-order chi connectivity index (χ0) is 13.8. The molecule has 0 spiro atoms. The predicted octanol–water partition coefficient (Wildman–Crippen LogP) is 2.21. The summed E-state index contributed by atoms with van der Waals surface area (Å²) in [7, 11) is 0. The Bertz CT molecular complexity index is 605. The number of nitrogens with two attached hydrogens (primary N) is 1. The number of rotatable bonds is 4. The van der Waals surface area contributed by atoms with Gasteiger partial charge in [0.1, 0.15) is 0 Å². The van der Waals surface area contributed by atoms with Crippen molar-refractivity contribution in [1.82, 2.24) is 0 Å². The van der Waals surface area contributed by atoms with Crippen LogP contribution in [0.15, 0.2) is 41.0 Å². The minimum Gasteiger partial charge on any atom is -0.452 e. The van der Waals surface area contributed by atoms with E-state index in [0.29, 0.717) is 5.69 Å². The summed E-state index contributed by atoms with van der Waals surface area (Å²) in [6.45, 7) is 0. The molecule has 0 aliphatic carbocycles. The van der Waals surface area contributed by atoms with Crippen LogP contribution in [0.25, 0.3) is 0 Å². The highest BCUT2D eigenvalue weighted by Gasteiger charge is 2.12. The first-order valence-corrected chi connectivity index (χ1v) is 5.85. The highest BCUT2D eigenvalue weighted by atomic mass is 35.5. The third kappa shape index (κ3) is 3.35. The van der Waals surface area contributed by atoms with E-state index in [0.717, 1.165) is 5.56 Å². The minimum atomic E-state index is -0.401. The second-order valence-corrected chi connectivity index (χ2v) is 4.25. The summed E-state index contributed by atoms with van der Waals surface area (Å²) in [6.07, 6.45) is 1.51. The highest BCUT2D eigenvalue weighted by Crippen LogP contribution is 2.18. The van der Waals surface area contributed by atoms with E-state index < -0.39 is 5.91 Å². The summed E-state index contributed by atoms with van der Waals surface area (Å²) in [4.78, 5) is 22.6. The molecular weight excluding hydrogens is 268 g/mol. The van der Waals surface area contributed by atoms with Gasteiger partial charge in [-0.3, -0.25) is 9.59 Å². The molecule has 2 aromatic rings. The minimum absolute atomic E-state index is 0.0443. The van der Waals surface area contributed by atoms with E-state index in [9.17, 15) is 9.59 Å². The number of nitrogens with one attached hydrogen (secondary N) is 1. The molecule has 0 unspecified atom stereocenters. The van der Waals surface area contributed by atoms with Gasteiger partial charge in [0.2, 0.25) is 11.1 Å². The van der Waals surface area contributed by atoms with Crippen LogP contribution in [0, 0.1) is 0 Å². The van der Waals surface area contributed by atoms with Crippen molar-refractivity contribution in [1.29, 1.82) is 0 Å². The number of benzene rings is 1. The maximum atomic E-state index is 11.8. The molecule has 0 fully saturated rings. The molecule has 19 heavy (non-hydrogen) atoms. The van der Waals surface area contributed by atoms with Gasteiger partial charge in [-0.1, -0.05) is 12.1 Å². The molecule has 0 aliphatic heterocycles. The van der Waals surface area contributed by atoms with Crippen molar-refractivity contribution in [2.24, 2.45) is 5.73 Å². The van der Waals surface area contributed by atoms with E-state index in [-0.39, 0.29) is 23.1 Å². The molecule has 3 N–H and O–H groups in total. The molecule has 2 amide bonds. The van der Waals surface area contributed by atoms with Crippen molar-refractivity contribution in [3.63, 3.8) is 0 Å². The van der Waals surface area contributed by atoms with Gasteiger partial charge >= 0.3 is 0 Å². The summed E-state index contributed by atoms with van der Waals surface area (Å²) in [6, 6.07) is 8.29. The average molecular weight is 279 g/mol. The SMILES string of the molecule is NC(=O)Cc1ccc(NC(=O)c2ccoc2Cl)cc1. The molecule has 5 nitrogen and oxygen atoms in total. The van der Waals surface area contributed by atoms with Crippen molar-refractivity contribution in [2.45, 2.75) is 6.42 Å². The molecule has 0 saturated heterocycles. The second-order valence-electron chi connectivity index (χ2n) is 3.90. The molecule has 0 saturated carbocycles. The molecule has 1 aromatic heterocycles. The molecular formula is C13H11ClN2O3. The molecule has 2 rings (SSSR count). The Hall–Kier alpha value is -2.27. The van der Waals surface area contributed by atoms with Crippen molar-refractivity contribution >= 4 is 29.1 Å². The zero-order valence-corrected chi connectivity index (χ0v) is 10.6. The first-order valence-electron chi connectivity index (χ1n) is 5.48. The summed E-state index contributed by atoms with van der Waals surface area (Å²) >= 11 is 5.70. The highest BCUT2D eigenvalue weighted by molar-refractivity contribution is 6.32. The van der Waals surface area contributed by atoms with Crippen molar-refractivity contribution in [3.05, 3.63) is 52.9 Å². The zero-order valence-electron chi connectivity index (χ0n) is 9.85. The predicted molar refractivity (Wildman–Crippen MR) is 71.0 cm³/mol. The number of amides is 2. The number of hydrogen-bond acceptors (Lipinski definition) is 3. The number of hydrogen-bond donors (Lipinski definition) is 2. The van der Waals surface area contributed by atoms with Crippen molar-refractivity contribution in [2.75, 3.05) is 5.32 Å². The van der Waals surface area contributed by atoms with Crippen LogP contribution in [0.1, 0.15) is 15.9 Å². The van der Waals surface area contributed by atoms with Crippen LogP contribution in [-0.2, 0) is 11.2 Å². The maximum absolute atomic E-state index is 11.8. The molecule has 98 valence electrons. The Morgan fingerprint density at radius 2 is 1.89 bits per heavy atom. The Kier molecular flexibility index (Phi) is 3.87. The molecule has 0 bridgehead atoms. The van der Waals surface area contributed by atoms with Gasteiger partial charge in [-0.25, -0.2) is 0 Å². The van der Waals surface area contributed by atoms with Crippen molar-refractivity contribution in [3.8, 4) is 0 Å². The first kappa shape index (κ1) is 13.2. The van der Waals surface area contributed by atoms with Gasteiger partial charge in [0.15, 0.2) is 0 Å². The van der Waals surface area contributed by atoms with E-state index in [4.69, 9.17) is 21.8 Å². The fraction of sp³-hybridized carbons (Fsp3) is 0.0769. The summed E-state index contributed by atoms with van der Waals surface area (Å²) in [5, 5.41) is 2.71. The fourth-order valence-corrected chi connectivity index (χ4v) is 1.76. The lowest BCUT2D eigenvalue weighted by Crippen LogP contribution is -2.14. The molecule has 1 aromatic carbocycles. The van der Waals surface area contributed by atoms with E-state index in [2.05, 4.69) is 5.32 Å². The van der Waals surface area contributed by atoms with Gasteiger partial charge in [-0.05, 0) is 35.4 Å². The van der Waals surface area contributed by atoms with E-state index in [1.165, 1.54) is 12.3 Å². The number of carbonyl (C=O) groups is 2. The lowest BCUT2D eigenvalue weighted by atomic mass is 10.1. The van der Waals surface area contributed by atoms with Gasteiger partial charge in [-0.15, -0.1) is 0 Å². The Balaban J connectivity index is 2.06. The smallest absolute Gasteiger partial charge is 0.260 e. The van der Waals surface area contributed by atoms with Gasteiger partial charge in [-0.2, -0.15) is 0 Å². The lowest BCUT2D eigenvalue weighted by Gasteiger charge is -2.05. The average Bonchev–Trinajstić information content (AvgIpc) is 2.77. The largest absolute Gasteiger partial charge is 0.452 e. The standard InChI is InChI=1S/C13H11ClN2O3/c14-12-10(5-6-19-12)13(18)16-9-3-1-8(2-4-9)7-11(15)17/h1-6H,7H2,(H2,15,17)(H,16,18). The third-order valence-electron chi connectivity index (χ3n) is 2.45. The monoisotopic (exact) mass is 278 g/mol. The summed E-state index contributed by atoms with van der Waals surface area (Å²) < 4.78 is 4.84. The van der Waals surface area contributed by atoms with E-state index >= 15 is 0 Å². The molecule has 1 heterocycles. The number of furan rings is 1. The van der Waals surface area contributed by atoms with Crippen molar-refractivity contribution < 1.29 is 14.0 Å². The van der Waals surface area contributed by atoms with E-state index in [1.807, 2.05) is 0 Å². The lowest BCUT2D eigenvalue weighted by molar-refractivity contribution is -0.117. The van der Waals surface area contributed by atoms with Crippen LogP contribution < -0.4 is 11.1 Å². The van der Waals surface area contributed by atoms with Gasteiger partial charge in [0.25, 0.3) is 5.91 Å².